The third-order valence-corrected chi connectivity index (χ3v) is 4.09. The Bertz CT molecular complexity index is 531. The van der Waals surface area contributed by atoms with Crippen molar-refractivity contribution in [3.05, 3.63) is 34.4 Å². The van der Waals surface area contributed by atoms with Crippen LogP contribution in [0.15, 0.2) is 24.4 Å². The summed E-state index contributed by atoms with van der Waals surface area (Å²) >= 11 is 12.3. The molecule has 0 fully saturated rings. The molecule has 2 rings (SSSR count). The van der Waals surface area contributed by atoms with E-state index in [1.165, 1.54) is 38.5 Å². The zero-order chi connectivity index (χ0) is 13.7. The van der Waals surface area contributed by atoms with Crippen LogP contribution in [-0.4, -0.2) is 4.57 Å². The summed E-state index contributed by atoms with van der Waals surface area (Å²) in [5.74, 6) is 0. The van der Waals surface area contributed by atoms with E-state index in [-0.39, 0.29) is 0 Å². The van der Waals surface area contributed by atoms with Gasteiger partial charge in [0.1, 0.15) is 0 Å². The average Bonchev–Trinajstić information content (AvgIpc) is 2.77. The minimum absolute atomic E-state index is 0.709. The molecule has 1 nitrogen and oxygen atoms in total. The van der Waals surface area contributed by atoms with Crippen LogP contribution >= 0.6 is 23.2 Å². The summed E-state index contributed by atoms with van der Waals surface area (Å²) in [6.45, 7) is 3.30. The highest BCUT2D eigenvalue weighted by Gasteiger charge is 2.06. The van der Waals surface area contributed by atoms with E-state index >= 15 is 0 Å². The van der Waals surface area contributed by atoms with E-state index in [9.17, 15) is 0 Å². The summed E-state index contributed by atoms with van der Waals surface area (Å²) in [4.78, 5) is 0. The Morgan fingerprint density at radius 3 is 2.53 bits per heavy atom. The number of hydrogen-bond acceptors (Lipinski definition) is 0. The lowest BCUT2D eigenvalue weighted by Gasteiger charge is -2.06. The third kappa shape index (κ3) is 3.90. The van der Waals surface area contributed by atoms with Crippen LogP contribution in [0.1, 0.15) is 45.4 Å². The molecule has 0 unspecified atom stereocenters. The van der Waals surface area contributed by atoms with Gasteiger partial charge in [-0.3, -0.25) is 0 Å². The Hall–Kier alpha value is -0.660. The van der Waals surface area contributed by atoms with Gasteiger partial charge in [0.05, 0.1) is 10.5 Å². The van der Waals surface area contributed by atoms with E-state index in [0.717, 1.165) is 22.5 Å². The van der Waals surface area contributed by atoms with Crippen LogP contribution in [0.5, 0.6) is 0 Å². The van der Waals surface area contributed by atoms with E-state index in [1.807, 2.05) is 6.07 Å². The van der Waals surface area contributed by atoms with E-state index in [2.05, 4.69) is 23.8 Å². The van der Waals surface area contributed by atoms with Gasteiger partial charge in [0, 0.05) is 23.2 Å². The molecule has 0 saturated heterocycles. The summed E-state index contributed by atoms with van der Waals surface area (Å²) in [6, 6.07) is 5.88. The molecular formula is C16H21Cl2N. The third-order valence-electron chi connectivity index (χ3n) is 3.56. The van der Waals surface area contributed by atoms with E-state index in [1.54, 1.807) is 6.07 Å². The zero-order valence-electron chi connectivity index (χ0n) is 11.5. The second-order valence-electron chi connectivity index (χ2n) is 5.10. The fourth-order valence-corrected chi connectivity index (χ4v) is 3.02. The molecule has 3 heteroatoms. The largest absolute Gasteiger partial charge is 0.347 e. The van der Waals surface area contributed by atoms with Crippen LogP contribution in [0, 0.1) is 0 Å². The fraction of sp³-hybridized carbons (Fsp3) is 0.500. The van der Waals surface area contributed by atoms with Crippen molar-refractivity contribution in [2.75, 3.05) is 0 Å². The molecule has 0 spiro atoms. The first-order valence-corrected chi connectivity index (χ1v) is 7.92. The number of aryl methyl sites for hydroxylation is 1. The molecule has 0 aliphatic carbocycles. The number of aromatic nitrogens is 1. The lowest BCUT2D eigenvalue weighted by molar-refractivity contribution is 0.565. The van der Waals surface area contributed by atoms with Crippen LogP contribution in [0.3, 0.4) is 0 Å². The smallest absolute Gasteiger partial charge is 0.0514 e. The predicted octanol–water partition coefficient (Wildman–Crippen LogP) is 6.31. The molecule has 2 aromatic rings. The SMILES string of the molecule is CCCCCCCCn1ccc2c(Cl)cc(Cl)cc21. The summed E-state index contributed by atoms with van der Waals surface area (Å²) < 4.78 is 2.26. The lowest BCUT2D eigenvalue weighted by Crippen LogP contribution is -1.96. The van der Waals surface area contributed by atoms with Gasteiger partial charge in [0.2, 0.25) is 0 Å². The van der Waals surface area contributed by atoms with Gasteiger partial charge in [-0.25, -0.2) is 0 Å². The Balaban J connectivity index is 1.94. The topological polar surface area (TPSA) is 4.93 Å². The number of unbranched alkanes of at least 4 members (excludes halogenated alkanes) is 5. The molecule has 0 amide bonds. The maximum atomic E-state index is 6.20. The fourth-order valence-electron chi connectivity index (χ4n) is 2.48. The molecule has 0 aliphatic heterocycles. The highest BCUT2D eigenvalue weighted by atomic mass is 35.5. The second kappa shape index (κ2) is 7.21. The van der Waals surface area contributed by atoms with Crippen molar-refractivity contribution in [1.82, 2.24) is 4.57 Å². The van der Waals surface area contributed by atoms with Gasteiger partial charge in [-0.2, -0.15) is 0 Å². The average molecular weight is 298 g/mol. The van der Waals surface area contributed by atoms with Crippen molar-refractivity contribution in [2.24, 2.45) is 0 Å². The Kier molecular flexibility index (Phi) is 5.59. The van der Waals surface area contributed by atoms with Gasteiger partial charge in [0.15, 0.2) is 0 Å². The molecule has 104 valence electrons. The van der Waals surface area contributed by atoms with Crippen molar-refractivity contribution in [2.45, 2.75) is 52.0 Å². The lowest BCUT2D eigenvalue weighted by atomic mass is 10.1. The van der Waals surface area contributed by atoms with Crippen molar-refractivity contribution >= 4 is 34.1 Å². The summed E-state index contributed by atoms with van der Waals surface area (Å²) in [5.41, 5.74) is 1.14. The van der Waals surface area contributed by atoms with E-state index in [0.29, 0.717) is 5.02 Å². The Labute approximate surface area is 125 Å². The minimum atomic E-state index is 0.709. The molecule has 1 aromatic heterocycles. The normalized spacial score (nSPS) is 11.3. The summed E-state index contributed by atoms with van der Waals surface area (Å²) in [7, 11) is 0. The number of halogens is 2. The number of nitrogens with zero attached hydrogens (tertiary/aromatic N) is 1. The Morgan fingerprint density at radius 1 is 1.00 bits per heavy atom. The number of fused-ring (bicyclic) bond motifs is 1. The van der Waals surface area contributed by atoms with Crippen LogP contribution < -0.4 is 0 Å². The van der Waals surface area contributed by atoms with E-state index in [4.69, 9.17) is 23.2 Å². The molecule has 19 heavy (non-hydrogen) atoms. The molecule has 1 heterocycles. The predicted molar refractivity (Wildman–Crippen MR) is 85.3 cm³/mol. The van der Waals surface area contributed by atoms with Gasteiger partial charge in [-0.1, -0.05) is 62.2 Å². The van der Waals surface area contributed by atoms with Gasteiger partial charge in [0.25, 0.3) is 0 Å². The monoisotopic (exact) mass is 297 g/mol. The van der Waals surface area contributed by atoms with Crippen molar-refractivity contribution in [3.63, 3.8) is 0 Å². The standard InChI is InChI=1S/C16H21Cl2N/c1-2-3-4-5-6-7-9-19-10-8-14-15(18)11-13(17)12-16(14)19/h8,10-12H,2-7,9H2,1H3. The summed E-state index contributed by atoms with van der Waals surface area (Å²) in [6.07, 6.45) is 10.00. The maximum Gasteiger partial charge on any atom is 0.0514 e. The van der Waals surface area contributed by atoms with E-state index < -0.39 is 0 Å². The van der Waals surface area contributed by atoms with Crippen LogP contribution in [0.4, 0.5) is 0 Å². The zero-order valence-corrected chi connectivity index (χ0v) is 13.0. The molecule has 0 bridgehead atoms. The van der Waals surface area contributed by atoms with Crippen molar-refractivity contribution in [1.29, 1.82) is 0 Å². The van der Waals surface area contributed by atoms with Gasteiger partial charge < -0.3 is 4.57 Å². The number of rotatable bonds is 7. The van der Waals surface area contributed by atoms with Gasteiger partial charge >= 0.3 is 0 Å². The molecule has 0 aliphatic rings. The Morgan fingerprint density at radius 2 is 1.74 bits per heavy atom. The van der Waals surface area contributed by atoms with Gasteiger partial charge in [-0.05, 0) is 24.6 Å². The molecule has 0 saturated carbocycles. The quantitative estimate of drug-likeness (QED) is 0.528. The minimum Gasteiger partial charge on any atom is -0.347 e. The first-order chi connectivity index (χ1) is 9.22. The van der Waals surface area contributed by atoms with Crippen molar-refractivity contribution in [3.8, 4) is 0 Å². The molecule has 1 aromatic carbocycles. The summed E-state index contributed by atoms with van der Waals surface area (Å²) in [5, 5.41) is 2.54. The molecule has 0 atom stereocenters. The molecular weight excluding hydrogens is 277 g/mol. The van der Waals surface area contributed by atoms with Crippen LogP contribution in [-0.2, 0) is 6.54 Å². The highest BCUT2D eigenvalue weighted by Crippen LogP contribution is 2.29. The van der Waals surface area contributed by atoms with Crippen LogP contribution in [0.25, 0.3) is 10.9 Å². The molecule has 0 N–H and O–H groups in total. The second-order valence-corrected chi connectivity index (χ2v) is 5.94. The van der Waals surface area contributed by atoms with Crippen molar-refractivity contribution < 1.29 is 0 Å². The van der Waals surface area contributed by atoms with Gasteiger partial charge in [-0.15, -0.1) is 0 Å². The van der Waals surface area contributed by atoms with Crippen LogP contribution in [0.2, 0.25) is 10.0 Å². The first kappa shape index (κ1) is 14.7. The highest BCUT2D eigenvalue weighted by molar-refractivity contribution is 6.38. The molecule has 0 radical (unpaired) electrons. The maximum absolute atomic E-state index is 6.20. The number of benzene rings is 1. The first-order valence-electron chi connectivity index (χ1n) is 7.16. The number of hydrogen-bond donors (Lipinski definition) is 0.